The van der Waals surface area contributed by atoms with Crippen molar-refractivity contribution in [3.05, 3.63) is 35.1 Å². The van der Waals surface area contributed by atoms with E-state index in [2.05, 4.69) is 0 Å². The van der Waals surface area contributed by atoms with Gasteiger partial charge in [0.05, 0.1) is 6.42 Å². The number of carboxylic acid groups (broad SMARTS) is 1. The first-order chi connectivity index (χ1) is 7.61. The summed E-state index contributed by atoms with van der Waals surface area (Å²) in [6.45, 7) is 0. The zero-order valence-corrected chi connectivity index (χ0v) is 8.87. The molecule has 1 atom stereocenters. The van der Waals surface area contributed by atoms with E-state index in [-0.39, 0.29) is 23.6 Å². The van der Waals surface area contributed by atoms with Crippen LogP contribution < -0.4 is 0 Å². The zero-order valence-electron chi connectivity index (χ0n) is 8.87. The number of hydrogen-bond acceptors (Lipinski definition) is 1. The number of carbonyl (C=O) groups is 1. The minimum absolute atomic E-state index is 0.0978. The molecular formula is C13H13FO2. The Labute approximate surface area is 93.1 Å². The minimum Gasteiger partial charge on any atom is -0.481 e. The number of benzene rings is 1. The summed E-state index contributed by atoms with van der Waals surface area (Å²) in [5, 5.41) is 8.94. The Morgan fingerprint density at radius 1 is 1.50 bits per heavy atom. The fourth-order valence-corrected chi connectivity index (χ4v) is 3.09. The highest BCUT2D eigenvalue weighted by atomic mass is 19.1. The lowest BCUT2D eigenvalue weighted by Crippen LogP contribution is -2.13. The van der Waals surface area contributed by atoms with E-state index in [0.717, 1.165) is 30.4 Å². The molecular weight excluding hydrogens is 207 g/mol. The number of carboxylic acids is 1. The lowest BCUT2D eigenvalue weighted by atomic mass is 9.87. The van der Waals surface area contributed by atoms with Crippen LogP contribution in [0.1, 0.15) is 36.3 Å². The zero-order chi connectivity index (χ0) is 11.3. The maximum absolute atomic E-state index is 13.1. The minimum atomic E-state index is -0.756. The van der Waals surface area contributed by atoms with Crippen molar-refractivity contribution in [2.45, 2.75) is 31.6 Å². The van der Waals surface area contributed by atoms with Gasteiger partial charge in [0.25, 0.3) is 0 Å². The summed E-state index contributed by atoms with van der Waals surface area (Å²) in [5.41, 5.74) is 2.22. The van der Waals surface area contributed by atoms with Gasteiger partial charge < -0.3 is 5.11 Å². The van der Waals surface area contributed by atoms with Crippen molar-refractivity contribution in [1.82, 2.24) is 0 Å². The predicted molar refractivity (Wildman–Crippen MR) is 56.8 cm³/mol. The van der Waals surface area contributed by atoms with Crippen LogP contribution >= 0.6 is 0 Å². The molecule has 1 aromatic carbocycles. The van der Waals surface area contributed by atoms with Gasteiger partial charge in [0.1, 0.15) is 5.82 Å². The van der Waals surface area contributed by atoms with Crippen LogP contribution in [0.3, 0.4) is 0 Å². The summed E-state index contributed by atoms with van der Waals surface area (Å²) < 4.78 is 13.1. The van der Waals surface area contributed by atoms with Gasteiger partial charge in [-0.15, -0.1) is 0 Å². The molecule has 2 aliphatic rings. The summed E-state index contributed by atoms with van der Waals surface area (Å²) in [6.07, 6.45) is 3.21. The molecule has 1 aromatic rings. The van der Waals surface area contributed by atoms with Crippen molar-refractivity contribution in [2.75, 3.05) is 0 Å². The predicted octanol–water partition coefficient (Wildman–Crippen LogP) is 2.72. The number of rotatable bonds is 2. The molecule has 0 bridgehead atoms. The Kier molecular flexibility index (Phi) is 1.88. The smallest absolute Gasteiger partial charge is 0.303 e. The lowest BCUT2D eigenvalue weighted by molar-refractivity contribution is -0.137. The largest absolute Gasteiger partial charge is 0.481 e. The molecule has 0 saturated heterocycles. The van der Waals surface area contributed by atoms with E-state index in [0.29, 0.717) is 0 Å². The van der Waals surface area contributed by atoms with E-state index >= 15 is 0 Å². The first-order valence-electron chi connectivity index (χ1n) is 5.61. The van der Waals surface area contributed by atoms with Gasteiger partial charge in [0, 0.05) is 5.92 Å². The van der Waals surface area contributed by atoms with E-state index in [1.807, 2.05) is 0 Å². The second kappa shape index (κ2) is 3.06. The molecule has 2 nitrogen and oxygen atoms in total. The van der Waals surface area contributed by atoms with Gasteiger partial charge >= 0.3 is 5.97 Å². The average Bonchev–Trinajstić information content (AvgIpc) is 2.89. The van der Waals surface area contributed by atoms with Crippen molar-refractivity contribution in [2.24, 2.45) is 5.41 Å². The van der Waals surface area contributed by atoms with Gasteiger partial charge in [-0.2, -0.15) is 0 Å². The molecule has 2 aliphatic carbocycles. The number of hydrogen-bond donors (Lipinski definition) is 1. The van der Waals surface area contributed by atoms with Crippen LogP contribution in [0.5, 0.6) is 0 Å². The van der Waals surface area contributed by atoms with Crippen LogP contribution in [0.15, 0.2) is 18.2 Å². The van der Waals surface area contributed by atoms with Gasteiger partial charge in [-0.1, -0.05) is 6.07 Å². The first kappa shape index (κ1) is 9.82. The summed E-state index contributed by atoms with van der Waals surface area (Å²) in [7, 11) is 0. The third kappa shape index (κ3) is 1.34. The molecule has 0 heterocycles. The third-order valence-corrected chi connectivity index (χ3v) is 4.03. The normalized spacial score (nSPS) is 24.4. The van der Waals surface area contributed by atoms with Crippen LogP contribution in [0, 0.1) is 11.2 Å². The van der Waals surface area contributed by atoms with Gasteiger partial charge in [-0.3, -0.25) is 4.79 Å². The van der Waals surface area contributed by atoms with Crippen molar-refractivity contribution in [3.63, 3.8) is 0 Å². The molecule has 1 fully saturated rings. The molecule has 3 rings (SSSR count). The van der Waals surface area contributed by atoms with Crippen LogP contribution in [0.25, 0.3) is 0 Å². The molecule has 0 radical (unpaired) electrons. The van der Waals surface area contributed by atoms with Crippen LogP contribution in [0.4, 0.5) is 4.39 Å². The van der Waals surface area contributed by atoms with E-state index < -0.39 is 5.97 Å². The lowest BCUT2D eigenvalue weighted by Gasteiger charge is -2.16. The van der Waals surface area contributed by atoms with Gasteiger partial charge in [-0.05, 0) is 47.9 Å². The van der Waals surface area contributed by atoms with Crippen LogP contribution in [-0.2, 0) is 11.2 Å². The van der Waals surface area contributed by atoms with Gasteiger partial charge in [0.2, 0.25) is 0 Å². The van der Waals surface area contributed by atoms with Crippen molar-refractivity contribution in [3.8, 4) is 0 Å². The standard InChI is InChI=1S/C13H13FO2/c14-9-1-2-10-8(5-9)7-13(3-4-13)11(10)6-12(15)16/h1-2,5,11H,3-4,6-7H2,(H,15,16). The van der Waals surface area contributed by atoms with Crippen molar-refractivity contribution >= 4 is 5.97 Å². The van der Waals surface area contributed by atoms with E-state index in [9.17, 15) is 9.18 Å². The molecule has 1 spiro atoms. The fourth-order valence-electron chi connectivity index (χ4n) is 3.09. The SMILES string of the molecule is O=C(O)CC1c2ccc(F)cc2CC12CC2. The average molecular weight is 220 g/mol. The van der Waals surface area contributed by atoms with E-state index in [1.54, 1.807) is 12.1 Å². The fraction of sp³-hybridized carbons (Fsp3) is 0.462. The molecule has 16 heavy (non-hydrogen) atoms. The van der Waals surface area contributed by atoms with Crippen LogP contribution in [0.2, 0.25) is 0 Å². The third-order valence-electron chi connectivity index (χ3n) is 4.03. The topological polar surface area (TPSA) is 37.3 Å². The molecule has 0 amide bonds. The van der Waals surface area contributed by atoms with Crippen molar-refractivity contribution < 1.29 is 14.3 Å². The summed E-state index contributed by atoms with van der Waals surface area (Å²) in [5.74, 6) is -0.875. The molecule has 1 saturated carbocycles. The molecule has 84 valence electrons. The second-order valence-electron chi connectivity index (χ2n) is 5.03. The molecule has 0 aliphatic heterocycles. The number of halogens is 1. The summed E-state index contributed by atoms with van der Waals surface area (Å²) in [4.78, 5) is 10.9. The Bertz CT molecular complexity index is 463. The quantitative estimate of drug-likeness (QED) is 0.832. The molecule has 1 unspecified atom stereocenters. The Morgan fingerprint density at radius 2 is 2.25 bits per heavy atom. The molecule has 0 aromatic heterocycles. The highest BCUT2D eigenvalue weighted by molar-refractivity contribution is 5.69. The summed E-state index contributed by atoms with van der Waals surface area (Å²) in [6, 6.07) is 4.78. The Balaban J connectivity index is 2.01. The van der Waals surface area contributed by atoms with E-state index in [4.69, 9.17) is 5.11 Å². The van der Waals surface area contributed by atoms with E-state index in [1.165, 1.54) is 6.07 Å². The highest BCUT2D eigenvalue weighted by Crippen LogP contribution is 2.64. The van der Waals surface area contributed by atoms with Crippen molar-refractivity contribution in [1.29, 1.82) is 0 Å². The number of aliphatic carboxylic acids is 1. The van der Waals surface area contributed by atoms with Gasteiger partial charge in [0.15, 0.2) is 0 Å². The summed E-state index contributed by atoms with van der Waals surface area (Å²) >= 11 is 0. The second-order valence-corrected chi connectivity index (χ2v) is 5.03. The van der Waals surface area contributed by atoms with Gasteiger partial charge in [-0.25, -0.2) is 4.39 Å². The highest BCUT2D eigenvalue weighted by Gasteiger charge is 2.54. The monoisotopic (exact) mass is 220 g/mol. The maximum atomic E-state index is 13.1. The maximum Gasteiger partial charge on any atom is 0.303 e. The molecule has 1 N–H and O–H groups in total. The Morgan fingerprint density at radius 3 is 2.88 bits per heavy atom. The number of fused-ring (bicyclic) bond motifs is 1. The first-order valence-corrected chi connectivity index (χ1v) is 5.61. The van der Waals surface area contributed by atoms with Crippen LogP contribution in [-0.4, -0.2) is 11.1 Å². The molecule has 3 heteroatoms. The Hall–Kier alpha value is -1.38.